The van der Waals surface area contributed by atoms with E-state index in [0.717, 1.165) is 6.07 Å². The van der Waals surface area contributed by atoms with Crippen LogP contribution in [-0.4, -0.2) is 30.5 Å². The Morgan fingerprint density at radius 3 is 2.50 bits per heavy atom. The number of carbonyl (C=O) groups excluding carboxylic acids is 2. The lowest BCUT2D eigenvalue weighted by molar-refractivity contribution is -0.384. The van der Waals surface area contributed by atoms with Gasteiger partial charge in [0.15, 0.2) is 11.5 Å². The predicted octanol–water partition coefficient (Wildman–Crippen LogP) is 6.02. The van der Waals surface area contributed by atoms with Crippen molar-refractivity contribution in [3.8, 4) is 23.3 Å². The van der Waals surface area contributed by atoms with Crippen LogP contribution in [0.4, 0.5) is 11.4 Å². The summed E-state index contributed by atoms with van der Waals surface area (Å²) in [7, 11) is 1.52. The Balaban J connectivity index is 1.89. The van der Waals surface area contributed by atoms with Crippen LogP contribution in [0.2, 0.25) is 5.02 Å². The van der Waals surface area contributed by atoms with Crippen LogP contribution in [0.25, 0.3) is 6.08 Å². The van der Waals surface area contributed by atoms with Crippen LogP contribution in [0.15, 0.2) is 60.2 Å². The molecule has 1 N–H and O–H groups in total. The van der Waals surface area contributed by atoms with Crippen LogP contribution in [0.1, 0.15) is 22.8 Å². The van der Waals surface area contributed by atoms with Gasteiger partial charge in [0.05, 0.1) is 38.5 Å². The molecule has 0 spiro atoms. The van der Waals surface area contributed by atoms with Gasteiger partial charge in [0.1, 0.15) is 17.4 Å². The average Bonchev–Trinajstić information content (AvgIpc) is 2.90. The van der Waals surface area contributed by atoms with Crippen molar-refractivity contribution in [2.45, 2.75) is 6.92 Å². The highest BCUT2D eigenvalue weighted by Crippen LogP contribution is 2.36. The van der Waals surface area contributed by atoms with Gasteiger partial charge < -0.3 is 19.5 Å². The smallest absolute Gasteiger partial charge is 0.343 e. The van der Waals surface area contributed by atoms with E-state index in [1.165, 1.54) is 31.4 Å². The zero-order valence-corrected chi connectivity index (χ0v) is 22.9. The number of carbonyl (C=O) groups is 2. The van der Waals surface area contributed by atoms with Crippen molar-refractivity contribution in [3.05, 3.63) is 90.0 Å². The van der Waals surface area contributed by atoms with Crippen LogP contribution in [0.5, 0.6) is 17.2 Å². The first-order valence-corrected chi connectivity index (χ1v) is 12.3. The van der Waals surface area contributed by atoms with E-state index in [1.807, 2.05) is 28.7 Å². The third-order valence-electron chi connectivity index (χ3n) is 4.94. The Morgan fingerprint density at radius 2 is 1.89 bits per heavy atom. The van der Waals surface area contributed by atoms with Crippen LogP contribution in [0.3, 0.4) is 0 Å². The SMILES string of the molecule is CCOc1cc(/C=C(\C#N)C(=O)Nc2cc([N+](=O)[O-])ccc2Cl)cc(I)c1OC(=O)c1ccc(OC)cc1. The molecule has 0 radical (unpaired) electrons. The Kier molecular flexibility index (Phi) is 9.64. The average molecular weight is 648 g/mol. The maximum Gasteiger partial charge on any atom is 0.343 e. The predicted molar refractivity (Wildman–Crippen MR) is 149 cm³/mol. The number of amides is 1. The zero-order valence-electron chi connectivity index (χ0n) is 20.0. The number of hydrogen-bond acceptors (Lipinski definition) is 8. The highest BCUT2D eigenvalue weighted by molar-refractivity contribution is 14.1. The number of nitrogens with zero attached hydrogens (tertiary/aromatic N) is 2. The Hall–Kier alpha value is -4.15. The van der Waals surface area contributed by atoms with Crippen LogP contribution in [-0.2, 0) is 4.79 Å². The molecular weight excluding hydrogens is 629 g/mol. The highest BCUT2D eigenvalue weighted by atomic mass is 127. The second-order valence-electron chi connectivity index (χ2n) is 7.43. The summed E-state index contributed by atoms with van der Waals surface area (Å²) in [6, 6.07) is 14.9. The van der Waals surface area contributed by atoms with Crippen molar-refractivity contribution in [1.29, 1.82) is 5.26 Å². The van der Waals surface area contributed by atoms with Crippen molar-refractivity contribution < 1.29 is 28.7 Å². The first-order valence-electron chi connectivity index (χ1n) is 10.9. The first kappa shape index (κ1) is 28.4. The Bertz CT molecular complexity index is 1470. The van der Waals surface area contributed by atoms with Crippen molar-refractivity contribution in [3.63, 3.8) is 0 Å². The van der Waals surface area contributed by atoms with E-state index in [1.54, 1.807) is 37.3 Å². The van der Waals surface area contributed by atoms with Crippen LogP contribution >= 0.6 is 34.2 Å². The molecule has 194 valence electrons. The summed E-state index contributed by atoms with van der Waals surface area (Å²) in [5.41, 5.74) is 0.129. The molecule has 0 bridgehead atoms. The standard InChI is InChI=1S/C26H19ClIN3O7/c1-3-37-23-12-15(11-21(28)24(23)38-26(33)16-4-7-19(36-2)8-5-16)10-17(14-29)25(32)30-22-13-18(31(34)35)6-9-20(22)27/h4-13H,3H2,1-2H3,(H,30,32)/b17-10+. The number of anilines is 1. The van der Waals surface area contributed by atoms with Crippen molar-refractivity contribution in [2.24, 2.45) is 0 Å². The summed E-state index contributed by atoms with van der Waals surface area (Å²) in [5.74, 6) is -0.435. The van der Waals surface area contributed by atoms with Gasteiger partial charge in [-0.2, -0.15) is 5.26 Å². The molecule has 12 heteroatoms. The molecule has 0 fully saturated rings. The fourth-order valence-electron chi connectivity index (χ4n) is 3.14. The maximum absolute atomic E-state index is 12.8. The molecule has 3 rings (SSSR count). The molecule has 0 unspecified atom stereocenters. The van der Waals surface area contributed by atoms with Crippen molar-refractivity contribution in [1.82, 2.24) is 0 Å². The van der Waals surface area contributed by atoms with Gasteiger partial charge in [0.2, 0.25) is 0 Å². The number of rotatable bonds is 9. The van der Waals surface area contributed by atoms with Gasteiger partial charge in [0.25, 0.3) is 11.6 Å². The number of ether oxygens (including phenoxy) is 3. The molecule has 0 saturated heterocycles. The van der Waals surface area contributed by atoms with E-state index in [4.69, 9.17) is 25.8 Å². The van der Waals surface area contributed by atoms with Gasteiger partial charge >= 0.3 is 5.97 Å². The van der Waals surface area contributed by atoms with Crippen LogP contribution < -0.4 is 19.5 Å². The number of hydrogen-bond donors (Lipinski definition) is 1. The summed E-state index contributed by atoms with van der Waals surface area (Å²) >= 11 is 8.00. The number of non-ortho nitro benzene ring substituents is 1. The monoisotopic (exact) mass is 647 g/mol. The molecule has 38 heavy (non-hydrogen) atoms. The highest BCUT2D eigenvalue weighted by Gasteiger charge is 2.19. The number of nitriles is 1. The summed E-state index contributed by atoms with van der Waals surface area (Å²) in [4.78, 5) is 35.9. The lowest BCUT2D eigenvalue weighted by Gasteiger charge is -2.14. The molecular formula is C26H19ClIN3O7. The van der Waals surface area contributed by atoms with Crippen molar-refractivity contribution >= 4 is 63.5 Å². The number of esters is 1. The maximum atomic E-state index is 12.8. The number of methoxy groups -OCH3 is 1. The number of nitrogens with one attached hydrogen (secondary N) is 1. The summed E-state index contributed by atoms with van der Waals surface area (Å²) in [6.45, 7) is 2.01. The normalized spacial score (nSPS) is 10.8. The summed E-state index contributed by atoms with van der Waals surface area (Å²) < 4.78 is 16.8. The molecule has 0 aromatic heterocycles. The molecule has 0 aliphatic rings. The van der Waals surface area contributed by atoms with Gasteiger partial charge in [-0.05, 0) is 83.6 Å². The minimum absolute atomic E-state index is 0.0163. The van der Waals surface area contributed by atoms with E-state index in [2.05, 4.69) is 5.32 Å². The lowest BCUT2D eigenvalue weighted by atomic mass is 10.1. The van der Waals surface area contributed by atoms with Gasteiger partial charge in [-0.1, -0.05) is 11.6 Å². The number of halogens is 2. The molecule has 10 nitrogen and oxygen atoms in total. The second kappa shape index (κ2) is 12.9. The molecule has 0 heterocycles. The fraction of sp³-hybridized carbons (Fsp3) is 0.115. The quantitative estimate of drug-likeness (QED) is 0.0565. The molecule has 0 atom stereocenters. The van der Waals surface area contributed by atoms with Gasteiger partial charge in [-0.15, -0.1) is 0 Å². The molecule has 0 aliphatic carbocycles. The summed E-state index contributed by atoms with van der Waals surface area (Å²) in [5, 5.41) is 23.1. The third-order valence-corrected chi connectivity index (χ3v) is 6.07. The fourth-order valence-corrected chi connectivity index (χ4v) is 4.04. The molecule has 3 aromatic rings. The number of benzene rings is 3. The molecule has 0 saturated carbocycles. The minimum Gasteiger partial charge on any atom is -0.497 e. The van der Waals surface area contributed by atoms with Gasteiger partial charge in [-0.25, -0.2) is 4.79 Å². The largest absolute Gasteiger partial charge is 0.497 e. The van der Waals surface area contributed by atoms with E-state index in [9.17, 15) is 25.0 Å². The number of nitro groups is 1. The van der Waals surface area contributed by atoms with Crippen LogP contribution in [0, 0.1) is 25.0 Å². The lowest BCUT2D eigenvalue weighted by Crippen LogP contribution is -2.14. The second-order valence-corrected chi connectivity index (χ2v) is 9.00. The van der Waals surface area contributed by atoms with E-state index >= 15 is 0 Å². The minimum atomic E-state index is -0.821. The molecule has 1 amide bonds. The summed E-state index contributed by atoms with van der Waals surface area (Å²) in [6.07, 6.45) is 1.31. The van der Waals surface area contributed by atoms with Gasteiger partial charge in [-0.3, -0.25) is 14.9 Å². The van der Waals surface area contributed by atoms with E-state index < -0.39 is 16.8 Å². The zero-order chi connectivity index (χ0) is 27.8. The number of nitro benzene ring substituents is 1. The first-order chi connectivity index (χ1) is 18.2. The molecule has 0 aliphatic heterocycles. The Morgan fingerprint density at radius 1 is 1.18 bits per heavy atom. The topological polar surface area (TPSA) is 141 Å². The van der Waals surface area contributed by atoms with Gasteiger partial charge in [0, 0.05) is 12.1 Å². The van der Waals surface area contributed by atoms with Crippen molar-refractivity contribution in [2.75, 3.05) is 19.0 Å². The molecule has 3 aromatic carbocycles. The van der Waals surface area contributed by atoms with E-state index in [-0.39, 0.29) is 40.1 Å². The van der Waals surface area contributed by atoms with E-state index in [0.29, 0.717) is 20.4 Å². The third kappa shape index (κ3) is 6.99. The Labute approximate surface area is 236 Å².